The van der Waals surface area contributed by atoms with Gasteiger partial charge in [0.15, 0.2) is 26.6 Å². The van der Waals surface area contributed by atoms with Crippen LogP contribution in [0.3, 0.4) is 0 Å². The van der Waals surface area contributed by atoms with E-state index in [0.29, 0.717) is 24.7 Å². The number of hydrogen-bond donors (Lipinski definition) is 2. The summed E-state index contributed by atoms with van der Waals surface area (Å²) >= 11 is 1.64. The van der Waals surface area contributed by atoms with Crippen molar-refractivity contribution in [3.8, 4) is 5.75 Å². The largest absolute Gasteiger partial charge is 0.497 e. The Morgan fingerprint density at radius 3 is 2.44 bits per heavy atom. The SMILES string of the molecule is CCCSc1nc(NCc2ccc(OC)cc2)c2c(n1)N(Cc1ccc(S(C)(=O)=O)cc1)CN2. The van der Waals surface area contributed by atoms with Gasteiger partial charge in [0.1, 0.15) is 11.4 Å². The van der Waals surface area contributed by atoms with E-state index in [-0.39, 0.29) is 0 Å². The molecule has 8 nitrogen and oxygen atoms in total. The van der Waals surface area contributed by atoms with E-state index in [1.807, 2.05) is 36.4 Å². The van der Waals surface area contributed by atoms with Crippen molar-refractivity contribution in [3.05, 3.63) is 59.7 Å². The average molecular weight is 500 g/mol. The van der Waals surface area contributed by atoms with E-state index in [1.165, 1.54) is 6.26 Å². The number of aromatic nitrogens is 2. The molecule has 2 N–H and O–H groups in total. The fourth-order valence-electron chi connectivity index (χ4n) is 3.58. The topological polar surface area (TPSA) is 96.5 Å². The van der Waals surface area contributed by atoms with Gasteiger partial charge in [-0.05, 0) is 41.8 Å². The standard InChI is InChI=1S/C24H29N5O3S2/c1-4-13-33-24-27-22(25-14-17-5-9-19(32-2)10-6-17)21-23(28-24)29(16-26-21)15-18-7-11-20(12-8-18)34(3,30)31/h5-12,26H,4,13-16H2,1-3H3,(H,25,27,28). The summed E-state index contributed by atoms with van der Waals surface area (Å²) in [6, 6.07) is 15.0. The van der Waals surface area contributed by atoms with Gasteiger partial charge >= 0.3 is 0 Å². The molecule has 1 aromatic heterocycles. The number of thioether (sulfide) groups is 1. The number of fused-ring (bicyclic) bond motifs is 1. The molecule has 0 spiro atoms. The van der Waals surface area contributed by atoms with E-state index in [4.69, 9.17) is 14.7 Å². The van der Waals surface area contributed by atoms with E-state index in [0.717, 1.165) is 51.5 Å². The van der Waals surface area contributed by atoms with Crippen molar-refractivity contribution >= 4 is 38.9 Å². The lowest BCUT2D eigenvalue weighted by molar-refractivity contribution is 0.414. The maximum absolute atomic E-state index is 11.8. The number of hydrogen-bond acceptors (Lipinski definition) is 9. The van der Waals surface area contributed by atoms with Crippen LogP contribution in [-0.2, 0) is 22.9 Å². The summed E-state index contributed by atoms with van der Waals surface area (Å²) in [5, 5.41) is 7.62. The molecule has 34 heavy (non-hydrogen) atoms. The lowest BCUT2D eigenvalue weighted by atomic mass is 10.2. The van der Waals surface area contributed by atoms with Gasteiger partial charge in [0, 0.05) is 25.1 Å². The first-order valence-electron chi connectivity index (χ1n) is 11.1. The lowest BCUT2D eigenvalue weighted by Gasteiger charge is -2.18. The molecular formula is C24H29N5O3S2. The minimum Gasteiger partial charge on any atom is -0.497 e. The van der Waals surface area contributed by atoms with Gasteiger partial charge in [-0.2, -0.15) is 0 Å². The van der Waals surface area contributed by atoms with E-state index in [1.54, 1.807) is 31.0 Å². The summed E-state index contributed by atoms with van der Waals surface area (Å²) < 4.78 is 28.8. The van der Waals surface area contributed by atoms with Gasteiger partial charge in [-0.3, -0.25) is 0 Å². The van der Waals surface area contributed by atoms with Gasteiger partial charge in [0.25, 0.3) is 0 Å². The van der Waals surface area contributed by atoms with Crippen LogP contribution in [0.2, 0.25) is 0 Å². The Kier molecular flexibility index (Phi) is 7.47. The van der Waals surface area contributed by atoms with Crippen LogP contribution < -0.4 is 20.3 Å². The fraction of sp³-hybridized carbons (Fsp3) is 0.333. The molecule has 1 aliphatic rings. The highest BCUT2D eigenvalue weighted by Gasteiger charge is 2.26. The molecule has 0 amide bonds. The first kappa shape index (κ1) is 24.2. The van der Waals surface area contributed by atoms with E-state index >= 15 is 0 Å². The third kappa shape index (κ3) is 5.74. The van der Waals surface area contributed by atoms with Crippen molar-refractivity contribution in [1.82, 2.24) is 9.97 Å². The number of ether oxygens (including phenoxy) is 1. The van der Waals surface area contributed by atoms with Crippen molar-refractivity contribution in [1.29, 1.82) is 0 Å². The molecule has 0 bridgehead atoms. The van der Waals surface area contributed by atoms with Crippen LogP contribution in [0, 0.1) is 0 Å². The van der Waals surface area contributed by atoms with Gasteiger partial charge in [0.05, 0.1) is 18.7 Å². The molecule has 0 saturated heterocycles. The minimum absolute atomic E-state index is 0.321. The molecule has 2 aromatic carbocycles. The van der Waals surface area contributed by atoms with E-state index in [9.17, 15) is 8.42 Å². The third-order valence-electron chi connectivity index (χ3n) is 5.39. The number of sulfone groups is 1. The van der Waals surface area contributed by atoms with Gasteiger partial charge in [-0.1, -0.05) is 43.0 Å². The second-order valence-corrected chi connectivity index (χ2v) is 11.1. The zero-order valence-electron chi connectivity index (χ0n) is 19.5. The molecule has 180 valence electrons. The van der Waals surface area contributed by atoms with Crippen LogP contribution in [0.15, 0.2) is 58.6 Å². The summed E-state index contributed by atoms with van der Waals surface area (Å²) in [7, 11) is -1.56. The number of anilines is 3. The van der Waals surface area contributed by atoms with Gasteiger partial charge in [-0.15, -0.1) is 0 Å². The molecule has 4 rings (SSSR count). The Hall–Kier alpha value is -2.98. The highest BCUT2D eigenvalue weighted by molar-refractivity contribution is 7.99. The van der Waals surface area contributed by atoms with Gasteiger partial charge in [0.2, 0.25) is 0 Å². The Bertz CT molecular complexity index is 1230. The molecular weight excluding hydrogens is 470 g/mol. The molecule has 3 aromatic rings. The van der Waals surface area contributed by atoms with Gasteiger partial charge < -0.3 is 20.3 Å². The predicted molar refractivity (Wildman–Crippen MR) is 138 cm³/mol. The molecule has 0 saturated carbocycles. The number of rotatable bonds is 10. The van der Waals surface area contributed by atoms with Crippen molar-refractivity contribution in [2.24, 2.45) is 0 Å². The maximum Gasteiger partial charge on any atom is 0.191 e. The fourth-order valence-corrected chi connectivity index (χ4v) is 4.90. The molecule has 0 unspecified atom stereocenters. The molecule has 1 aliphatic heterocycles. The summed E-state index contributed by atoms with van der Waals surface area (Å²) in [6.07, 6.45) is 2.25. The maximum atomic E-state index is 11.8. The Morgan fingerprint density at radius 1 is 1.09 bits per heavy atom. The Balaban J connectivity index is 1.55. The molecule has 2 heterocycles. The first-order chi connectivity index (χ1) is 16.4. The molecule has 0 radical (unpaired) electrons. The number of methoxy groups -OCH3 is 1. The highest BCUT2D eigenvalue weighted by atomic mass is 32.2. The van der Waals surface area contributed by atoms with E-state index in [2.05, 4.69) is 22.5 Å². The smallest absolute Gasteiger partial charge is 0.191 e. The summed E-state index contributed by atoms with van der Waals surface area (Å²) in [5.41, 5.74) is 3.01. The monoisotopic (exact) mass is 499 g/mol. The van der Waals surface area contributed by atoms with Crippen molar-refractivity contribution in [2.75, 3.05) is 41.3 Å². The Morgan fingerprint density at radius 2 is 1.79 bits per heavy atom. The molecule has 0 fully saturated rings. The average Bonchev–Trinajstić information content (AvgIpc) is 3.24. The zero-order chi connectivity index (χ0) is 24.1. The molecule has 0 atom stereocenters. The number of nitrogens with zero attached hydrogens (tertiary/aromatic N) is 3. The quantitative estimate of drug-likeness (QED) is 0.311. The highest BCUT2D eigenvalue weighted by Crippen LogP contribution is 2.38. The molecule has 10 heteroatoms. The third-order valence-corrected chi connectivity index (χ3v) is 7.58. The second-order valence-electron chi connectivity index (χ2n) is 8.05. The van der Waals surface area contributed by atoms with Crippen molar-refractivity contribution in [3.63, 3.8) is 0 Å². The van der Waals surface area contributed by atoms with Crippen LogP contribution in [0.4, 0.5) is 17.3 Å². The number of nitrogens with one attached hydrogen (secondary N) is 2. The van der Waals surface area contributed by atoms with Crippen LogP contribution in [0.5, 0.6) is 5.75 Å². The van der Waals surface area contributed by atoms with Crippen molar-refractivity contribution < 1.29 is 13.2 Å². The summed E-state index contributed by atoms with van der Waals surface area (Å²) in [6.45, 7) is 3.96. The van der Waals surface area contributed by atoms with Crippen LogP contribution in [-0.4, -0.2) is 44.2 Å². The first-order valence-corrected chi connectivity index (χ1v) is 13.9. The zero-order valence-corrected chi connectivity index (χ0v) is 21.2. The van der Waals surface area contributed by atoms with Crippen LogP contribution >= 0.6 is 11.8 Å². The predicted octanol–water partition coefficient (Wildman–Crippen LogP) is 4.39. The van der Waals surface area contributed by atoms with E-state index < -0.39 is 9.84 Å². The second kappa shape index (κ2) is 10.5. The summed E-state index contributed by atoms with van der Waals surface area (Å²) in [4.78, 5) is 12.1. The summed E-state index contributed by atoms with van der Waals surface area (Å²) in [5.74, 6) is 3.39. The van der Waals surface area contributed by atoms with Gasteiger partial charge in [-0.25, -0.2) is 18.4 Å². The number of benzene rings is 2. The van der Waals surface area contributed by atoms with Crippen LogP contribution in [0.25, 0.3) is 0 Å². The van der Waals surface area contributed by atoms with Crippen molar-refractivity contribution in [2.45, 2.75) is 36.5 Å². The Labute approximate surface area is 205 Å². The van der Waals surface area contributed by atoms with Crippen LogP contribution in [0.1, 0.15) is 24.5 Å². The normalized spacial score (nSPS) is 12.9. The molecule has 0 aliphatic carbocycles. The lowest BCUT2D eigenvalue weighted by Crippen LogP contribution is -2.22. The minimum atomic E-state index is -3.21.